The predicted octanol–water partition coefficient (Wildman–Crippen LogP) is 2.70. The van der Waals surface area contributed by atoms with E-state index < -0.39 is 39.7 Å². The van der Waals surface area contributed by atoms with Crippen molar-refractivity contribution in [1.29, 1.82) is 0 Å². The van der Waals surface area contributed by atoms with Gasteiger partial charge in [0.1, 0.15) is 0 Å². The molecule has 0 heterocycles. The highest BCUT2D eigenvalue weighted by atomic mass is 16.6. The molecule has 1 amide bonds. The van der Waals surface area contributed by atoms with Crippen molar-refractivity contribution in [3.8, 4) is 5.75 Å². The molecule has 11 nitrogen and oxygen atoms in total. The van der Waals surface area contributed by atoms with Gasteiger partial charge in [0, 0.05) is 11.8 Å². The molecule has 0 aliphatic carbocycles. The zero-order chi connectivity index (χ0) is 20.7. The van der Waals surface area contributed by atoms with Crippen LogP contribution in [0.15, 0.2) is 42.5 Å². The van der Waals surface area contributed by atoms with Crippen molar-refractivity contribution in [1.82, 2.24) is 0 Å². The van der Waals surface area contributed by atoms with Crippen molar-refractivity contribution < 1.29 is 28.9 Å². The summed E-state index contributed by atoms with van der Waals surface area (Å²) in [5.41, 5.74) is -0.400. The van der Waals surface area contributed by atoms with Crippen molar-refractivity contribution in [3.63, 3.8) is 0 Å². The van der Waals surface area contributed by atoms with Crippen molar-refractivity contribution in [2.45, 2.75) is 6.92 Å². The first-order chi connectivity index (χ1) is 13.3. The van der Waals surface area contributed by atoms with Crippen LogP contribution in [-0.4, -0.2) is 34.9 Å². The molecule has 0 radical (unpaired) electrons. The zero-order valence-corrected chi connectivity index (χ0v) is 14.6. The first-order valence-corrected chi connectivity index (χ1v) is 7.94. The highest BCUT2D eigenvalue weighted by Gasteiger charge is 2.21. The summed E-state index contributed by atoms with van der Waals surface area (Å²) in [5.74, 6) is -1.38. The van der Waals surface area contributed by atoms with Crippen LogP contribution >= 0.6 is 0 Å². The molecule has 0 unspecified atom stereocenters. The third-order valence-corrected chi connectivity index (χ3v) is 3.39. The van der Waals surface area contributed by atoms with Gasteiger partial charge in [0.15, 0.2) is 12.4 Å². The summed E-state index contributed by atoms with van der Waals surface area (Å²) in [6.45, 7) is 1.36. The Morgan fingerprint density at radius 2 is 1.71 bits per heavy atom. The maximum atomic E-state index is 12.0. The molecule has 11 heteroatoms. The number of nitro benzene ring substituents is 2. The molecule has 28 heavy (non-hydrogen) atoms. The Kier molecular flexibility index (Phi) is 6.58. The Balaban J connectivity index is 2.00. The number of rotatable bonds is 8. The number of carbonyl (C=O) groups excluding carboxylic acids is 2. The highest BCUT2D eigenvalue weighted by Crippen LogP contribution is 2.30. The van der Waals surface area contributed by atoms with E-state index in [4.69, 9.17) is 9.47 Å². The van der Waals surface area contributed by atoms with Crippen molar-refractivity contribution in [2.24, 2.45) is 0 Å². The van der Waals surface area contributed by atoms with E-state index in [1.54, 1.807) is 6.92 Å². The molecule has 2 rings (SSSR count). The van der Waals surface area contributed by atoms with Crippen molar-refractivity contribution >= 4 is 28.9 Å². The van der Waals surface area contributed by atoms with Crippen molar-refractivity contribution in [3.05, 3.63) is 68.3 Å². The lowest BCUT2D eigenvalue weighted by atomic mass is 10.2. The molecular weight excluding hydrogens is 374 g/mol. The smallest absolute Gasteiger partial charge is 0.338 e. The standard InChI is InChI=1S/C17H15N3O8/c1-2-27-17(22)11-3-5-12(6-4-11)18-16(21)10-28-15-8-7-13(19(23)24)9-14(15)20(25)26/h3-9H,2,10H2,1H3,(H,18,21). The van der Waals surface area contributed by atoms with Crippen LogP contribution in [0.5, 0.6) is 5.75 Å². The lowest BCUT2D eigenvalue weighted by molar-refractivity contribution is -0.394. The maximum absolute atomic E-state index is 12.0. The molecule has 0 saturated heterocycles. The Morgan fingerprint density at radius 3 is 2.29 bits per heavy atom. The average molecular weight is 389 g/mol. The lowest BCUT2D eigenvalue weighted by Gasteiger charge is -2.08. The summed E-state index contributed by atoms with van der Waals surface area (Å²) in [7, 11) is 0. The van der Waals surface area contributed by atoms with E-state index in [1.807, 2.05) is 0 Å². The summed E-state index contributed by atoms with van der Waals surface area (Å²) >= 11 is 0. The summed E-state index contributed by atoms with van der Waals surface area (Å²) in [4.78, 5) is 43.6. The van der Waals surface area contributed by atoms with Gasteiger partial charge in [-0.3, -0.25) is 25.0 Å². The third kappa shape index (κ3) is 5.24. The first-order valence-electron chi connectivity index (χ1n) is 7.94. The number of ether oxygens (including phenoxy) is 2. The Bertz CT molecular complexity index is 911. The SMILES string of the molecule is CCOC(=O)c1ccc(NC(=O)COc2ccc([N+](=O)[O-])cc2[N+](=O)[O-])cc1. The molecule has 0 aliphatic rings. The van der Waals surface area contributed by atoms with E-state index in [9.17, 15) is 29.8 Å². The molecule has 0 aliphatic heterocycles. The molecule has 0 atom stereocenters. The van der Waals surface area contributed by atoms with Gasteiger partial charge in [0.2, 0.25) is 0 Å². The van der Waals surface area contributed by atoms with Crippen LogP contribution in [0.25, 0.3) is 0 Å². The second-order valence-corrected chi connectivity index (χ2v) is 5.30. The first kappa shape index (κ1) is 20.3. The molecule has 146 valence electrons. The van der Waals surface area contributed by atoms with Crippen LogP contribution in [0.4, 0.5) is 17.1 Å². The number of nitrogens with one attached hydrogen (secondary N) is 1. The van der Waals surface area contributed by atoms with Gasteiger partial charge < -0.3 is 14.8 Å². The minimum Gasteiger partial charge on any atom is -0.477 e. The number of hydrogen-bond donors (Lipinski definition) is 1. The number of nitro groups is 2. The monoisotopic (exact) mass is 389 g/mol. The molecule has 0 fully saturated rings. The number of esters is 1. The van der Waals surface area contributed by atoms with Gasteiger partial charge in [0.25, 0.3) is 11.6 Å². The van der Waals surface area contributed by atoms with Crippen LogP contribution in [0.3, 0.4) is 0 Å². The maximum Gasteiger partial charge on any atom is 0.338 e. The molecule has 0 bridgehead atoms. The largest absolute Gasteiger partial charge is 0.477 e. The van der Waals surface area contributed by atoms with Crippen LogP contribution in [0, 0.1) is 20.2 Å². The lowest BCUT2D eigenvalue weighted by Crippen LogP contribution is -2.20. The molecule has 0 saturated carbocycles. The molecule has 2 aromatic carbocycles. The van der Waals surface area contributed by atoms with E-state index in [0.717, 1.165) is 18.2 Å². The molecule has 0 aromatic heterocycles. The summed E-state index contributed by atoms with van der Waals surface area (Å²) < 4.78 is 9.96. The number of anilines is 1. The van der Waals surface area contributed by atoms with E-state index in [2.05, 4.69) is 5.32 Å². The number of amides is 1. The summed E-state index contributed by atoms with van der Waals surface area (Å²) in [5, 5.41) is 24.2. The Morgan fingerprint density at radius 1 is 1.04 bits per heavy atom. The van der Waals surface area contributed by atoms with Crippen LogP contribution in [0.1, 0.15) is 17.3 Å². The van der Waals surface area contributed by atoms with E-state index in [1.165, 1.54) is 24.3 Å². The van der Waals surface area contributed by atoms with Gasteiger partial charge in [-0.15, -0.1) is 0 Å². The average Bonchev–Trinajstić information content (AvgIpc) is 2.66. The normalized spacial score (nSPS) is 10.0. The summed E-state index contributed by atoms with van der Waals surface area (Å²) in [6, 6.07) is 8.75. The Hall–Kier alpha value is -4.02. The number of non-ortho nitro benzene ring substituents is 1. The minimum absolute atomic E-state index is 0.240. The molecule has 0 spiro atoms. The van der Waals surface area contributed by atoms with Gasteiger partial charge >= 0.3 is 11.7 Å². The molecular formula is C17H15N3O8. The van der Waals surface area contributed by atoms with Gasteiger partial charge in [-0.25, -0.2) is 4.79 Å². The van der Waals surface area contributed by atoms with Crippen LogP contribution in [-0.2, 0) is 9.53 Å². The van der Waals surface area contributed by atoms with E-state index in [-0.39, 0.29) is 12.4 Å². The fourth-order valence-corrected chi connectivity index (χ4v) is 2.13. The van der Waals surface area contributed by atoms with Gasteiger partial charge in [-0.05, 0) is 37.3 Å². The van der Waals surface area contributed by atoms with Crippen LogP contribution < -0.4 is 10.1 Å². The van der Waals surface area contributed by atoms with Gasteiger partial charge in [-0.2, -0.15) is 0 Å². The fourth-order valence-electron chi connectivity index (χ4n) is 2.13. The quantitative estimate of drug-likeness (QED) is 0.411. The van der Waals surface area contributed by atoms with E-state index >= 15 is 0 Å². The van der Waals surface area contributed by atoms with E-state index in [0.29, 0.717) is 11.3 Å². The number of hydrogen-bond acceptors (Lipinski definition) is 8. The second-order valence-electron chi connectivity index (χ2n) is 5.30. The molecule has 1 N–H and O–H groups in total. The number of nitrogens with zero attached hydrogens (tertiary/aromatic N) is 2. The fraction of sp³-hybridized carbons (Fsp3) is 0.176. The Labute approximate surface area is 158 Å². The number of benzene rings is 2. The third-order valence-electron chi connectivity index (χ3n) is 3.39. The summed E-state index contributed by atoms with van der Waals surface area (Å²) in [6.07, 6.45) is 0. The van der Waals surface area contributed by atoms with Gasteiger partial charge in [0.05, 0.1) is 28.1 Å². The topological polar surface area (TPSA) is 151 Å². The minimum atomic E-state index is -0.839. The highest BCUT2D eigenvalue weighted by molar-refractivity contribution is 5.93. The van der Waals surface area contributed by atoms with Crippen molar-refractivity contribution in [2.75, 3.05) is 18.5 Å². The number of carbonyl (C=O) groups is 2. The van der Waals surface area contributed by atoms with Gasteiger partial charge in [-0.1, -0.05) is 0 Å². The second kappa shape index (κ2) is 9.07. The van der Waals surface area contributed by atoms with Crippen LogP contribution in [0.2, 0.25) is 0 Å². The molecule has 2 aromatic rings. The zero-order valence-electron chi connectivity index (χ0n) is 14.6. The predicted molar refractivity (Wildman–Crippen MR) is 96.3 cm³/mol.